The van der Waals surface area contributed by atoms with Crippen LogP contribution in [0.3, 0.4) is 0 Å². The van der Waals surface area contributed by atoms with Gasteiger partial charge >= 0.3 is 0 Å². The van der Waals surface area contributed by atoms with Crippen molar-refractivity contribution in [3.63, 3.8) is 0 Å². The minimum absolute atomic E-state index is 0.177. The highest BCUT2D eigenvalue weighted by Gasteiger charge is 2.33. The Labute approximate surface area is 128 Å². The predicted molar refractivity (Wildman–Crippen MR) is 85.9 cm³/mol. The van der Waals surface area contributed by atoms with Gasteiger partial charge in [0.05, 0.1) is 5.25 Å². The lowest BCUT2D eigenvalue weighted by Gasteiger charge is -2.34. The monoisotopic (exact) mass is 310 g/mol. The Balaban J connectivity index is 2.16. The number of nitrogens with zero attached hydrogens (tertiary/aromatic N) is 1. The average molecular weight is 310 g/mol. The zero-order valence-corrected chi connectivity index (χ0v) is 13.8. The van der Waals surface area contributed by atoms with E-state index in [9.17, 15) is 8.42 Å². The molecule has 0 radical (unpaired) electrons. The van der Waals surface area contributed by atoms with E-state index in [1.807, 2.05) is 24.5 Å². The molecule has 3 atom stereocenters. The number of nitrogens with one attached hydrogen (secondary N) is 1. The highest BCUT2D eigenvalue weighted by Crippen LogP contribution is 2.36. The van der Waals surface area contributed by atoms with Crippen LogP contribution < -0.4 is 5.32 Å². The molecule has 1 saturated carbocycles. The van der Waals surface area contributed by atoms with Crippen LogP contribution in [-0.4, -0.2) is 31.5 Å². The van der Waals surface area contributed by atoms with Gasteiger partial charge in [0.15, 0.2) is 0 Å². The topological polar surface area (TPSA) is 59.1 Å². The second-order valence-corrected chi connectivity index (χ2v) is 8.42. The van der Waals surface area contributed by atoms with Gasteiger partial charge in [-0.1, -0.05) is 13.3 Å². The molecule has 1 heterocycles. The summed E-state index contributed by atoms with van der Waals surface area (Å²) in [6.07, 6.45) is 9.74. The van der Waals surface area contributed by atoms with E-state index in [0.717, 1.165) is 38.6 Å². The number of hydrogen-bond acceptors (Lipinski definition) is 4. The minimum atomic E-state index is -2.94. The van der Waals surface area contributed by atoms with Crippen molar-refractivity contribution in [2.75, 3.05) is 12.8 Å². The van der Waals surface area contributed by atoms with E-state index in [4.69, 9.17) is 0 Å². The first-order valence-corrected chi connectivity index (χ1v) is 9.80. The van der Waals surface area contributed by atoms with E-state index >= 15 is 0 Å². The Morgan fingerprint density at radius 3 is 2.67 bits per heavy atom. The van der Waals surface area contributed by atoms with Gasteiger partial charge in [0.25, 0.3) is 0 Å². The Bertz CT molecular complexity index is 530. The zero-order valence-electron chi connectivity index (χ0n) is 13.0. The van der Waals surface area contributed by atoms with Crippen molar-refractivity contribution < 1.29 is 8.42 Å². The van der Waals surface area contributed by atoms with E-state index in [-0.39, 0.29) is 11.3 Å². The molecule has 0 aliphatic heterocycles. The third-order valence-electron chi connectivity index (χ3n) is 4.42. The normalized spacial score (nSPS) is 24.7. The number of sulfone groups is 1. The molecule has 5 heteroatoms. The van der Waals surface area contributed by atoms with Gasteiger partial charge in [-0.05, 0) is 55.8 Å². The highest BCUT2D eigenvalue weighted by molar-refractivity contribution is 7.91. The van der Waals surface area contributed by atoms with Gasteiger partial charge in [-0.2, -0.15) is 0 Å². The van der Waals surface area contributed by atoms with Crippen molar-refractivity contribution in [3.05, 3.63) is 30.1 Å². The number of aromatic nitrogens is 1. The van der Waals surface area contributed by atoms with Gasteiger partial charge in [-0.25, -0.2) is 8.42 Å². The van der Waals surface area contributed by atoms with Gasteiger partial charge in [0, 0.05) is 24.7 Å². The summed E-state index contributed by atoms with van der Waals surface area (Å²) >= 11 is 0. The lowest BCUT2D eigenvalue weighted by Crippen LogP contribution is -2.35. The van der Waals surface area contributed by atoms with Crippen molar-refractivity contribution in [3.8, 4) is 0 Å². The smallest absolute Gasteiger partial charge is 0.150 e. The third kappa shape index (κ3) is 4.51. The van der Waals surface area contributed by atoms with E-state index < -0.39 is 9.84 Å². The lowest BCUT2D eigenvalue weighted by molar-refractivity contribution is 0.273. The van der Waals surface area contributed by atoms with E-state index in [1.165, 1.54) is 11.8 Å². The summed E-state index contributed by atoms with van der Waals surface area (Å²) in [5.74, 6) is 0.382. The van der Waals surface area contributed by atoms with Crippen molar-refractivity contribution in [2.45, 2.75) is 50.3 Å². The van der Waals surface area contributed by atoms with Gasteiger partial charge in [-0.15, -0.1) is 0 Å². The van der Waals surface area contributed by atoms with Crippen LogP contribution in [0.2, 0.25) is 0 Å². The molecular formula is C16H26N2O2S. The predicted octanol–water partition coefficient (Wildman–Crippen LogP) is 2.73. The Hall–Kier alpha value is -0.940. The molecule has 0 amide bonds. The standard InChI is InChI=1S/C16H26N2O2S/c1-3-9-18-16(13-7-10-17-11-8-13)14-5-4-6-15(12-14)21(2,19)20/h7-8,10-11,14-16,18H,3-6,9,12H2,1-2H3. The molecule has 0 spiro atoms. The molecule has 0 saturated heterocycles. The molecule has 118 valence electrons. The van der Waals surface area contributed by atoms with Crippen LogP contribution in [0.5, 0.6) is 0 Å². The molecule has 2 rings (SSSR count). The largest absolute Gasteiger partial charge is 0.310 e. The molecule has 1 aromatic heterocycles. The second-order valence-electron chi connectivity index (χ2n) is 6.09. The quantitative estimate of drug-likeness (QED) is 0.877. The summed E-state index contributed by atoms with van der Waals surface area (Å²) in [7, 11) is -2.94. The average Bonchev–Trinajstić information content (AvgIpc) is 2.48. The van der Waals surface area contributed by atoms with Crippen LogP contribution in [0.15, 0.2) is 24.5 Å². The number of pyridine rings is 1. The lowest BCUT2D eigenvalue weighted by atomic mass is 9.81. The van der Waals surface area contributed by atoms with Crippen LogP contribution in [-0.2, 0) is 9.84 Å². The Morgan fingerprint density at radius 2 is 2.05 bits per heavy atom. The second kappa shape index (κ2) is 7.36. The fraction of sp³-hybridized carbons (Fsp3) is 0.688. The molecule has 1 aliphatic rings. The molecule has 3 unspecified atom stereocenters. The Morgan fingerprint density at radius 1 is 1.33 bits per heavy atom. The molecule has 0 aromatic carbocycles. The minimum Gasteiger partial charge on any atom is -0.310 e. The van der Waals surface area contributed by atoms with Crippen LogP contribution in [0.25, 0.3) is 0 Å². The van der Waals surface area contributed by atoms with Crippen molar-refractivity contribution >= 4 is 9.84 Å². The summed E-state index contributed by atoms with van der Waals surface area (Å²) < 4.78 is 23.7. The van der Waals surface area contributed by atoms with E-state index in [2.05, 4.69) is 17.2 Å². The van der Waals surface area contributed by atoms with Gasteiger partial charge in [0.1, 0.15) is 9.84 Å². The first-order valence-electron chi connectivity index (χ1n) is 7.84. The maximum absolute atomic E-state index is 11.9. The fourth-order valence-electron chi connectivity index (χ4n) is 3.30. The molecule has 1 fully saturated rings. The van der Waals surface area contributed by atoms with Crippen LogP contribution in [0.4, 0.5) is 0 Å². The summed E-state index contributed by atoms with van der Waals surface area (Å²) in [6, 6.07) is 4.31. The first-order chi connectivity index (χ1) is 10.0. The summed E-state index contributed by atoms with van der Waals surface area (Å²) in [6.45, 7) is 3.10. The van der Waals surface area contributed by atoms with Crippen LogP contribution in [0, 0.1) is 5.92 Å². The van der Waals surface area contributed by atoms with Gasteiger partial charge in [0.2, 0.25) is 0 Å². The maximum Gasteiger partial charge on any atom is 0.150 e. The number of hydrogen-bond donors (Lipinski definition) is 1. The fourth-order valence-corrected chi connectivity index (χ4v) is 4.49. The maximum atomic E-state index is 11.9. The first kappa shape index (κ1) is 16.4. The molecular weight excluding hydrogens is 284 g/mol. The molecule has 1 aromatic rings. The SMILES string of the molecule is CCCNC(c1ccncc1)C1CCCC(S(C)(=O)=O)C1. The summed E-state index contributed by atoms with van der Waals surface area (Å²) in [5, 5.41) is 3.43. The van der Waals surface area contributed by atoms with Crippen molar-refractivity contribution in [2.24, 2.45) is 5.92 Å². The van der Waals surface area contributed by atoms with E-state index in [0.29, 0.717) is 5.92 Å². The molecule has 4 nitrogen and oxygen atoms in total. The van der Waals surface area contributed by atoms with Crippen LogP contribution in [0.1, 0.15) is 50.6 Å². The molecule has 0 bridgehead atoms. The van der Waals surface area contributed by atoms with Crippen LogP contribution >= 0.6 is 0 Å². The highest BCUT2D eigenvalue weighted by atomic mass is 32.2. The van der Waals surface area contributed by atoms with Crippen molar-refractivity contribution in [1.82, 2.24) is 10.3 Å². The zero-order chi connectivity index (χ0) is 15.3. The van der Waals surface area contributed by atoms with Crippen molar-refractivity contribution in [1.29, 1.82) is 0 Å². The van der Waals surface area contributed by atoms with Gasteiger partial charge in [-0.3, -0.25) is 4.98 Å². The van der Waals surface area contributed by atoms with Gasteiger partial charge < -0.3 is 5.32 Å². The van der Waals surface area contributed by atoms with E-state index in [1.54, 1.807) is 0 Å². The summed E-state index contributed by atoms with van der Waals surface area (Å²) in [4.78, 5) is 4.08. The Kier molecular flexibility index (Phi) is 5.76. The molecule has 1 N–H and O–H groups in total. The third-order valence-corrected chi connectivity index (χ3v) is 6.06. The number of rotatable bonds is 6. The molecule has 1 aliphatic carbocycles. The molecule has 21 heavy (non-hydrogen) atoms. The summed E-state index contributed by atoms with van der Waals surface area (Å²) in [5.41, 5.74) is 1.22.